The summed E-state index contributed by atoms with van der Waals surface area (Å²) in [5, 5.41) is 9.14. The maximum Gasteiger partial charge on any atom is 0.339 e. The Morgan fingerprint density at radius 2 is 1.89 bits per heavy atom. The van der Waals surface area contributed by atoms with E-state index in [4.69, 9.17) is 5.11 Å². The molecule has 0 amide bonds. The first kappa shape index (κ1) is 12.1. The van der Waals surface area contributed by atoms with E-state index in [1.165, 1.54) is 0 Å². The van der Waals surface area contributed by atoms with Gasteiger partial charge in [0.15, 0.2) is 0 Å². The fourth-order valence-corrected chi connectivity index (χ4v) is 1.72. The van der Waals surface area contributed by atoms with Crippen LogP contribution in [0.1, 0.15) is 15.9 Å². The molecule has 1 N–H and O–H groups in total. The number of anilines is 2. The predicted octanol–water partition coefficient (Wildman–Crippen LogP) is 2.86. The largest absolute Gasteiger partial charge is 0.478 e. The lowest BCUT2D eigenvalue weighted by Gasteiger charge is -2.20. The Balaban J connectivity index is 2.42. The van der Waals surface area contributed by atoms with Crippen molar-refractivity contribution in [3.05, 3.63) is 53.7 Å². The minimum Gasteiger partial charge on any atom is -0.478 e. The van der Waals surface area contributed by atoms with Gasteiger partial charge in [-0.05, 0) is 31.2 Å². The van der Waals surface area contributed by atoms with E-state index < -0.39 is 5.97 Å². The summed E-state index contributed by atoms with van der Waals surface area (Å²) in [5.41, 5.74) is 2.26. The first-order chi connectivity index (χ1) is 8.59. The summed E-state index contributed by atoms with van der Waals surface area (Å²) in [6, 6.07) is 11.0. The Kier molecular flexibility index (Phi) is 3.28. The number of carboxylic acid groups (broad SMARTS) is 1. The predicted molar refractivity (Wildman–Crippen MR) is 70.4 cm³/mol. The van der Waals surface area contributed by atoms with Crippen molar-refractivity contribution in [2.24, 2.45) is 0 Å². The number of nitrogens with zero attached hydrogens (tertiary/aromatic N) is 2. The molecule has 18 heavy (non-hydrogen) atoms. The van der Waals surface area contributed by atoms with Crippen molar-refractivity contribution < 1.29 is 9.90 Å². The second-order valence-corrected chi connectivity index (χ2v) is 4.07. The highest BCUT2D eigenvalue weighted by molar-refractivity contribution is 5.94. The Labute approximate surface area is 106 Å². The van der Waals surface area contributed by atoms with Crippen LogP contribution in [0.3, 0.4) is 0 Å². The molecule has 0 aliphatic rings. The van der Waals surface area contributed by atoms with Crippen LogP contribution in [-0.2, 0) is 0 Å². The third kappa shape index (κ3) is 2.32. The molecule has 1 aromatic carbocycles. The van der Waals surface area contributed by atoms with Crippen molar-refractivity contribution >= 4 is 17.5 Å². The standard InChI is InChI=1S/C14H14N2O2/c1-10-5-7-11(8-6-10)16(2)13-12(14(17)18)4-3-9-15-13/h3-9H,1-2H3,(H,17,18). The van der Waals surface area contributed by atoms with Gasteiger partial charge in [-0.25, -0.2) is 9.78 Å². The maximum absolute atomic E-state index is 11.1. The third-order valence-corrected chi connectivity index (χ3v) is 2.76. The van der Waals surface area contributed by atoms with Crippen LogP contribution < -0.4 is 4.90 Å². The molecule has 0 unspecified atom stereocenters. The number of aromatic nitrogens is 1. The Morgan fingerprint density at radius 3 is 2.50 bits per heavy atom. The number of carboxylic acids is 1. The van der Waals surface area contributed by atoms with Crippen LogP contribution in [0.2, 0.25) is 0 Å². The zero-order valence-corrected chi connectivity index (χ0v) is 10.3. The molecule has 2 aromatic rings. The number of hydrogen-bond donors (Lipinski definition) is 1. The first-order valence-corrected chi connectivity index (χ1v) is 5.58. The van der Waals surface area contributed by atoms with Crippen LogP contribution in [-0.4, -0.2) is 23.1 Å². The normalized spacial score (nSPS) is 10.1. The highest BCUT2D eigenvalue weighted by atomic mass is 16.4. The van der Waals surface area contributed by atoms with Gasteiger partial charge in [-0.15, -0.1) is 0 Å². The Hall–Kier alpha value is -2.36. The van der Waals surface area contributed by atoms with Crippen LogP contribution in [0.15, 0.2) is 42.6 Å². The lowest BCUT2D eigenvalue weighted by atomic mass is 10.2. The van der Waals surface area contributed by atoms with Gasteiger partial charge in [0.2, 0.25) is 0 Å². The lowest BCUT2D eigenvalue weighted by Crippen LogP contribution is -2.15. The van der Waals surface area contributed by atoms with E-state index in [1.54, 1.807) is 30.3 Å². The van der Waals surface area contributed by atoms with Crippen molar-refractivity contribution in [3.63, 3.8) is 0 Å². The van der Waals surface area contributed by atoms with Gasteiger partial charge in [0.25, 0.3) is 0 Å². The van der Waals surface area contributed by atoms with Gasteiger partial charge in [0.05, 0.1) is 0 Å². The fraction of sp³-hybridized carbons (Fsp3) is 0.143. The summed E-state index contributed by atoms with van der Waals surface area (Å²) in [6.07, 6.45) is 1.59. The van der Waals surface area contributed by atoms with Gasteiger partial charge in [-0.3, -0.25) is 0 Å². The minimum atomic E-state index is -0.975. The zero-order chi connectivity index (χ0) is 13.1. The van der Waals surface area contributed by atoms with E-state index in [9.17, 15) is 4.79 Å². The molecule has 0 saturated carbocycles. The van der Waals surface area contributed by atoms with Crippen LogP contribution in [0.4, 0.5) is 11.5 Å². The molecule has 1 heterocycles. The van der Waals surface area contributed by atoms with E-state index in [0.29, 0.717) is 5.82 Å². The number of aromatic carboxylic acids is 1. The van der Waals surface area contributed by atoms with Crippen LogP contribution in [0.5, 0.6) is 0 Å². The van der Waals surface area contributed by atoms with Gasteiger partial charge >= 0.3 is 5.97 Å². The molecule has 4 nitrogen and oxygen atoms in total. The second-order valence-electron chi connectivity index (χ2n) is 4.07. The average molecular weight is 242 g/mol. The maximum atomic E-state index is 11.1. The molecule has 0 saturated heterocycles. The number of aryl methyl sites for hydroxylation is 1. The summed E-state index contributed by atoms with van der Waals surface area (Å²) in [6.45, 7) is 2.01. The lowest BCUT2D eigenvalue weighted by molar-refractivity contribution is 0.0697. The van der Waals surface area contributed by atoms with E-state index in [1.807, 2.05) is 31.2 Å². The molecule has 92 valence electrons. The summed E-state index contributed by atoms with van der Waals surface area (Å²) in [4.78, 5) is 17.1. The highest BCUT2D eigenvalue weighted by Gasteiger charge is 2.15. The Morgan fingerprint density at radius 1 is 1.22 bits per heavy atom. The molecule has 0 aliphatic carbocycles. The van der Waals surface area contributed by atoms with Gasteiger partial charge in [-0.1, -0.05) is 17.7 Å². The number of carbonyl (C=O) groups is 1. The quantitative estimate of drug-likeness (QED) is 0.899. The monoisotopic (exact) mass is 242 g/mol. The second kappa shape index (κ2) is 4.87. The van der Waals surface area contributed by atoms with Crippen molar-refractivity contribution in [2.45, 2.75) is 6.92 Å². The van der Waals surface area contributed by atoms with Gasteiger partial charge in [0, 0.05) is 18.9 Å². The van der Waals surface area contributed by atoms with E-state index in [0.717, 1.165) is 11.3 Å². The Bertz CT molecular complexity index is 564. The minimum absolute atomic E-state index is 0.195. The molecule has 2 rings (SSSR count). The number of rotatable bonds is 3. The van der Waals surface area contributed by atoms with Crippen molar-refractivity contribution in [2.75, 3.05) is 11.9 Å². The zero-order valence-electron chi connectivity index (χ0n) is 10.3. The van der Waals surface area contributed by atoms with E-state index in [2.05, 4.69) is 4.98 Å². The molecule has 0 atom stereocenters. The molecule has 0 spiro atoms. The van der Waals surface area contributed by atoms with Crippen molar-refractivity contribution in [1.29, 1.82) is 0 Å². The number of pyridine rings is 1. The summed E-state index contributed by atoms with van der Waals surface area (Å²) >= 11 is 0. The van der Waals surface area contributed by atoms with Gasteiger partial charge in [0.1, 0.15) is 11.4 Å². The average Bonchev–Trinajstić information content (AvgIpc) is 2.39. The highest BCUT2D eigenvalue weighted by Crippen LogP contribution is 2.24. The fourth-order valence-electron chi connectivity index (χ4n) is 1.72. The molecule has 1 aromatic heterocycles. The van der Waals surface area contributed by atoms with Crippen molar-refractivity contribution in [1.82, 2.24) is 4.98 Å². The molecule has 0 radical (unpaired) electrons. The van der Waals surface area contributed by atoms with Crippen LogP contribution >= 0.6 is 0 Å². The van der Waals surface area contributed by atoms with E-state index >= 15 is 0 Å². The molecular formula is C14H14N2O2. The van der Waals surface area contributed by atoms with Crippen LogP contribution in [0, 0.1) is 6.92 Å². The first-order valence-electron chi connectivity index (χ1n) is 5.58. The molecular weight excluding hydrogens is 228 g/mol. The summed E-state index contributed by atoms with van der Waals surface area (Å²) in [7, 11) is 1.80. The smallest absolute Gasteiger partial charge is 0.339 e. The summed E-state index contributed by atoms with van der Waals surface area (Å²) in [5.74, 6) is -0.536. The summed E-state index contributed by atoms with van der Waals surface area (Å²) < 4.78 is 0. The topological polar surface area (TPSA) is 53.4 Å². The van der Waals surface area contributed by atoms with Crippen molar-refractivity contribution in [3.8, 4) is 0 Å². The number of benzene rings is 1. The van der Waals surface area contributed by atoms with E-state index in [-0.39, 0.29) is 5.56 Å². The molecule has 0 fully saturated rings. The molecule has 4 heteroatoms. The van der Waals surface area contributed by atoms with Gasteiger partial charge < -0.3 is 10.0 Å². The number of hydrogen-bond acceptors (Lipinski definition) is 3. The molecule has 0 aliphatic heterocycles. The van der Waals surface area contributed by atoms with Gasteiger partial charge in [-0.2, -0.15) is 0 Å². The molecule has 0 bridgehead atoms. The third-order valence-electron chi connectivity index (χ3n) is 2.76. The van der Waals surface area contributed by atoms with Crippen LogP contribution in [0.25, 0.3) is 0 Å². The SMILES string of the molecule is Cc1ccc(N(C)c2ncccc2C(=O)O)cc1.